The van der Waals surface area contributed by atoms with Gasteiger partial charge in [-0.25, -0.2) is 0 Å². The number of carbonyl (C=O) groups is 1. The first-order valence-electron chi connectivity index (χ1n) is 8.21. The second kappa shape index (κ2) is 7.66. The molecule has 0 aliphatic carbocycles. The summed E-state index contributed by atoms with van der Waals surface area (Å²) in [4.78, 5) is 16.1. The number of ether oxygens (including phenoxy) is 1. The Bertz CT molecular complexity index is 884. The zero-order valence-electron chi connectivity index (χ0n) is 14.2. The summed E-state index contributed by atoms with van der Waals surface area (Å²) in [5, 5.41) is 3.85. The molecule has 3 aromatic rings. The highest BCUT2D eigenvalue weighted by Gasteiger charge is 2.15. The molecule has 0 saturated heterocycles. The number of hydrogen-bond donors (Lipinski definition) is 1. The van der Waals surface area contributed by atoms with Crippen molar-refractivity contribution in [2.45, 2.75) is 19.9 Å². The molecule has 0 radical (unpaired) electrons. The van der Waals surface area contributed by atoms with E-state index in [4.69, 9.17) is 9.15 Å². The monoisotopic (exact) mass is 336 g/mol. The van der Waals surface area contributed by atoms with Crippen molar-refractivity contribution < 1.29 is 13.9 Å². The molecular weight excluding hydrogens is 316 g/mol. The first-order chi connectivity index (χ1) is 12.2. The van der Waals surface area contributed by atoms with Gasteiger partial charge in [0.25, 0.3) is 0 Å². The summed E-state index contributed by atoms with van der Waals surface area (Å²) in [5.74, 6) is 1.20. The maximum absolute atomic E-state index is 12.1. The highest BCUT2D eigenvalue weighted by molar-refractivity contribution is 5.92. The van der Waals surface area contributed by atoms with Crippen LogP contribution in [0.5, 0.6) is 5.75 Å². The van der Waals surface area contributed by atoms with Gasteiger partial charge in [0.05, 0.1) is 12.6 Å². The van der Waals surface area contributed by atoms with Crippen molar-refractivity contribution in [3.8, 4) is 5.75 Å². The summed E-state index contributed by atoms with van der Waals surface area (Å²) in [6, 6.07) is 11.1. The third-order valence-electron chi connectivity index (χ3n) is 3.72. The molecule has 0 aliphatic rings. The van der Waals surface area contributed by atoms with E-state index in [0.717, 1.165) is 10.9 Å². The smallest absolute Gasteiger partial charge is 0.244 e. The van der Waals surface area contributed by atoms with Crippen molar-refractivity contribution in [2.75, 3.05) is 6.61 Å². The van der Waals surface area contributed by atoms with Crippen molar-refractivity contribution in [3.63, 3.8) is 0 Å². The SMILES string of the molecule is CCOc1cccc2cc(C(C)NC(=O)/C=C/c3cccnc3)oc12. The van der Waals surface area contributed by atoms with Crippen LogP contribution in [-0.4, -0.2) is 17.5 Å². The zero-order valence-corrected chi connectivity index (χ0v) is 14.2. The molecule has 0 spiro atoms. The number of hydrogen-bond acceptors (Lipinski definition) is 4. The number of furan rings is 1. The topological polar surface area (TPSA) is 64.4 Å². The largest absolute Gasteiger partial charge is 0.490 e. The fourth-order valence-corrected chi connectivity index (χ4v) is 2.52. The third kappa shape index (κ3) is 4.07. The van der Waals surface area contributed by atoms with E-state index in [-0.39, 0.29) is 11.9 Å². The Morgan fingerprint density at radius 3 is 3.00 bits per heavy atom. The lowest BCUT2D eigenvalue weighted by Gasteiger charge is -2.09. The first-order valence-corrected chi connectivity index (χ1v) is 8.21. The summed E-state index contributed by atoms with van der Waals surface area (Å²) in [6.45, 7) is 4.38. The molecule has 2 heterocycles. The molecule has 1 unspecified atom stereocenters. The van der Waals surface area contributed by atoms with E-state index in [2.05, 4.69) is 10.3 Å². The molecule has 1 amide bonds. The molecule has 2 aromatic heterocycles. The second-order valence-electron chi connectivity index (χ2n) is 5.61. The summed E-state index contributed by atoms with van der Waals surface area (Å²) in [6.07, 6.45) is 6.60. The second-order valence-corrected chi connectivity index (χ2v) is 5.61. The average Bonchev–Trinajstić information content (AvgIpc) is 3.07. The van der Waals surface area contributed by atoms with Crippen LogP contribution >= 0.6 is 0 Å². The van der Waals surface area contributed by atoms with Gasteiger partial charge in [0.1, 0.15) is 5.76 Å². The minimum Gasteiger partial charge on any atom is -0.490 e. The predicted octanol–water partition coefficient (Wildman–Crippen LogP) is 4.12. The number of nitrogens with one attached hydrogen (secondary N) is 1. The number of nitrogens with zero attached hydrogens (tertiary/aromatic N) is 1. The van der Waals surface area contributed by atoms with Gasteiger partial charge in [-0.3, -0.25) is 9.78 Å². The Morgan fingerprint density at radius 2 is 2.24 bits per heavy atom. The molecule has 5 heteroatoms. The van der Waals surface area contributed by atoms with Crippen molar-refractivity contribution in [3.05, 3.63) is 66.2 Å². The van der Waals surface area contributed by atoms with Crippen LogP contribution in [0.15, 0.2) is 59.3 Å². The van der Waals surface area contributed by atoms with Crippen molar-refractivity contribution in [2.24, 2.45) is 0 Å². The fourth-order valence-electron chi connectivity index (χ4n) is 2.52. The van der Waals surface area contributed by atoms with Gasteiger partial charge in [-0.1, -0.05) is 18.2 Å². The predicted molar refractivity (Wildman–Crippen MR) is 97.2 cm³/mol. The fraction of sp³-hybridized carbons (Fsp3) is 0.200. The molecule has 0 saturated carbocycles. The van der Waals surface area contributed by atoms with Crippen LogP contribution in [0.25, 0.3) is 17.0 Å². The molecule has 0 bridgehead atoms. The van der Waals surface area contributed by atoms with Gasteiger partial charge in [-0.05, 0) is 43.7 Å². The zero-order chi connectivity index (χ0) is 17.6. The normalized spacial score (nSPS) is 12.4. The van der Waals surface area contributed by atoms with E-state index in [1.54, 1.807) is 18.5 Å². The lowest BCUT2D eigenvalue weighted by molar-refractivity contribution is -0.117. The Labute approximate surface area is 146 Å². The molecule has 3 rings (SSSR count). The molecular formula is C20H20N2O3. The van der Waals surface area contributed by atoms with E-state index in [1.165, 1.54) is 6.08 Å². The summed E-state index contributed by atoms with van der Waals surface area (Å²) < 4.78 is 11.5. The van der Waals surface area contributed by atoms with Gasteiger partial charge in [0.2, 0.25) is 5.91 Å². The molecule has 0 aliphatic heterocycles. The minimum absolute atomic E-state index is 0.193. The van der Waals surface area contributed by atoms with Crippen molar-refractivity contribution >= 4 is 23.0 Å². The van der Waals surface area contributed by atoms with E-state index >= 15 is 0 Å². The van der Waals surface area contributed by atoms with E-state index in [9.17, 15) is 4.79 Å². The van der Waals surface area contributed by atoms with Gasteiger partial charge < -0.3 is 14.5 Å². The van der Waals surface area contributed by atoms with Crippen LogP contribution < -0.4 is 10.1 Å². The minimum atomic E-state index is -0.257. The van der Waals surface area contributed by atoms with Crippen LogP contribution in [0.2, 0.25) is 0 Å². The van der Waals surface area contributed by atoms with Gasteiger partial charge in [-0.2, -0.15) is 0 Å². The number of carbonyl (C=O) groups excluding carboxylic acids is 1. The van der Waals surface area contributed by atoms with Crippen LogP contribution in [0.3, 0.4) is 0 Å². The van der Waals surface area contributed by atoms with E-state index in [0.29, 0.717) is 23.7 Å². The number of amides is 1. The molecule has 128 valence electrons. The molecule has 1 N–H and O–H groups in total. The number of benzene rings is 1. The number of para-hydroxylation sites is 1. The van der Waals surface area contributed by atoms with Crippen LogP contribution in [-0.2, 0) is 4.79 Å². The quantitative estimate of drug-likeness (QED) is 0.688. The van der Waals surface area contributed by atoms with Crippen LogP contribution in [0, 0.1) is 0 Å². The molecule has 1 aromatic carbocycles. The standard InChI is InChI=1S/C20H20N2O3/c1-3-24-17-8-4-7-16-12-18(25-20(16)17)14(2)22-19(23)10-9-15-6-5-11-21-13-15/h4-14H,3H2,1-2H3,(H,22,23)/b10-9+. The Kier molecular flexibility index (Phi) is 5.14. The van der Waals surface area contributed by atoms with E-state index < -0.39 is 0 Å². The Morgan fingerprint density at radius 1 is 1.36 bits per heavy atom. The summed E-state index contributed by atoms with van der Waals surface area (Å²) >= 11 is 0. The first kappa shape index (κ1) is 16.8. The number of rotatable bonds is 6. The van der Waals surface area contributed by atoms with Crippen LogP contribution in [0.4, 0.5) is 0 Å². The van der Waals surface area contributed by atoms with E-state index in [1.807, 2.05) is 50.2 Å². The lowest BCUT2D eigenvalue weighted by Crippen LogP contribution is -2.24. The maximum Gasteiger partial charge on any atom is 0.244 e. The average molecular weight is 336 g/mol. The highest BCUT2D eigenvalue weighted by atomic mass is 16.5. The Hall–Kier alpha value is -3.08. The molecule has 1 atom stereocenters. The van der Waals surface area contributed by atoms with Crippen LogP contribution in [0.1, 0.15) is 31.2 Å². The Balaban J connectivity index is 1.71. The van der Waals surface area contributed by atoms with Gasteiger partial charge >= 0.3 is 0 Å². The maximum atomic E-state index is 12.1. The molecule has 5 nitrogen and oxygen atoms in total. The molecule has 0 fully saturated rings. The number of pyridine rings is 1. The number of fused-ring (bicyclic) bond motifs is 1. The number of aromatic nitrogens is 1. The summed E-state index contributed by atoms with van der Waals surface area (Å²) in [5.41, 5.74) is 1.57. The lowest BCUT2D eigenvalue weighted by atomic mass is 10.2. The van der Waals surface area contributed by atoms with Gasteiger partial charge in [0.15, 0.2) is 11.3 Å². The third-order valence-corrected chi connectivity index (χ3v) is 3.72. The van der Waals surface area contributed by atoms with Gasteiger partial charge in [-0.15, -0.1) is 0 Å². The van der Waals surface area contributed by atoms with Crippen molar-refractivity contribution in [1.82, 2.24) is 10.3 Å². The summed E-state index contributed by atoms with van der Waals surface area (Å²) in [7, 11) is 0. The van der Waals surface area contributed by atoms with Crippen molar-refractivity contribution in [1.29, 1.82) is 0 Å². The highest BCUT2D eigenvalue weighted by Crippen LogP contribution is 2.31. The molecule has 25 heavy (non-hydrogen) atoms. The van der Waals surface area contributed by atoms with Gasteiger partial charge in [0, 0.05) is 23.9 Å².